The maximum absolute atomic E-state index is 2.12. The number of aromatic nitrogens is 4. The average molecular weight is 222 g/mol. The molecule has 0 aliphatic carbocycles. The van der Waals surface area contributed by atoms with Gasteiger partial charge in [0.2, 0.25) is 6.33 Å². The fraction of sp³-hybridized carbons (Fsp3) is 0.500. The number of hydrogen-bond donors (Lipinski definition) is 0. The Hall–Kier alpha value is -1.58. The van der Waals surface area contributed by atoms with E-state index in [4.69, 9.17) is 0 Å². The molecule has 0 aromatic carbocycles. The molecule has 2 aromatic heterocycles. The first-order valence-electron chi connectivity index (χ1n) is 5.53. The van der Waals surface area contributed by atoms with Crippen LogP contribution < -0.4 is 9.13 Å². The summed E-state index contributed by atoms with van der Waals surface area (Å²) in [7, 11) is 6.09. The molecule has 0 amide bonds. The van der Waals surface area contributed by atoms with Crippen molar-refractivity contribution >= 4 is 0 Å². The van der Waals surface area contributed by atoms with Crippen molar-refractivity contribution in [2.24, 2.45) is 21.1 Å². The highest BCUT2D eigenvalue weighted by Gasteiger charge is 2.00. The Bertz CT molecular complexity index is 420. The summed E-state index contributed by atoms with van der Waals surface area (Å²) in [5.74, 6) is 1.27. The predicted octanol–water partition coefficient (Wildman–Crippen LogP) is 0.491. The molecule has 2 aromatic rings. The predicted molar refractivity (Wildman–Crippen MR) is 62.6 cm³/mol. The van der Waals surface area contributed by atoms with Crippen LogP contribution in [-0.4, -0.2) is 9.13 Å². The average Bonchev–Trinajstić information content (AvgIpc) is 2.81. The molecule has 0 saturated heterocycles. The van der Waals surface area contributed by atoms with Gasteiger partial charge in [-0.15, -0.1) is 0 Å². The van der Waals surface area contributed by atoms with Crippen LogP contribution in [0.5, 0.6) is 0 Å². The Kier molecular flexibility index (Phi) is 4.28. The summed E-state index contributed by atoms with van der Waals surface area (Å²) in [5, 5.41) is 0. The van der Waals surface area contributed by atoms with Crippen LogP contribution in [0.4, 0.5) is 0 Å². The SMILES string of the molecule is CCn1cc[n+](C)c1.Cc1n(C)cc[n+]1C. The zero-order valence-electron chi connectivity index (χ0n) is 10.9. The molecule has 4 nitrogen and oxygen atoms in total. The lowest BCUT2D eigenvalue weighted by atomic mass is 10.7. The smallest absolute Gasteiger partial charge is 0.240 e. The van der Waals surface area contributed by atoms with Gasteiger partial charge >= 0.3 is 0 Å². The van der Waals surface area contributed by atoms with Gasteiger partial charge in [-0.05, 0) is 6.92 Å². The van der Waals surface area contributed by atoms with Gasteiger partial charge in [-0.3, -0.25) is 0 Å². The lowest BCUT2D eigenvalue weighted by Gasteiger charge is -1.84. The summed E-state index contributed by atoms with van der Waals surface area (Å²) in [6.45, 7) is 5.26. The molecule has 0 bridgehead atoms. The van der Waals surface area contributed by atoms with Crippen molar-refractivity contribution in [1.82, 2.24) is 9.13 Å². The third-order valence-corrected chi connectivity index (χ3v) is 2.72. The van der Waals surface area contributed by atoms with E-state index >= 15 is 0 Å². The fourth-order valence-corrected chi connectivity index (χ4v) is 1.35. The van der Waals surface area contributed by atoms with Gasteiger partial charge in [0.1, 0.15) is 24.8 Å². The summed E-state index contributed by atoms with van der Waals surface area (Å²) < 4.78 is 8.32. The van der Waals surface area contributed by atoms with Crippen molar-refractivity contribution < 1.29 is 9.13 Å². The van der Waals surface area contributed by atoms with Crippen LogP contribution in [0.15, 0.2) is 31.1 Å². The molecule has 0 N–H and O–H groups in total. The minimum atomic E-state index is 1.06. The molecule has 0 aliphatic rings. The largest absolute Gasteiger partial charge is 0.252 e. The van der Waals surface area contributed by atoms with Gasteiger partial charge in [0, 0.05) is 6.92 Å². The second-order valence-corrected chi connectivity index (χ2v) is 3.98. The normalized spacial score (nSPS) is 9.81. The second-order valence-electron chi connectivity index (χ2n) is 3.98. The molecule has 0 fully saturated rings. The van der Waals surface area contributed by atoms with Crippen LogP contribution in [0.25, 0.3) is 0 Å². The zero-order chi connectivity index (χ0) is 12.1. The molecular weight excluding hydrogens is 200 g/mol. The summed E-state index contributed by atoms with van der Waals surface area (Å²) in [4.78, 5) is 0. The number of imidazole rings is 2. The van der Waals surface area contributed by atoms with Crippen molar-refractivity contribution in [2.45, 2.75) is 20.4 Å². The Morgan fingerprint density at radius 1 is 1.19 bits per heavy atom. The van der Waals surface area contributed by atoms with Crippen molar-refractivity contribution in [3.8, 4) is 0 Å². The van der Waals surface area contributed by atoms with E-state index in [9.17, 15) is 0 Å². The molecule has 16 heavy (non-hydrogen) atoms. The van der Waals surface area contributed by atoms with E-state index in [2.05, 4.69) is 40.1 Å². The maximum atomic E-state index is 2.12. The molecule has 0 aliphatic heterocycles. The molecule has 4 heteroatoms. The Morgan fingerprint density at radius 3 is 2.06 bits per heavy atom. The van der Waals surface area contributed by atoms with Crippen molar-refractivity contribution in [1.29, 1.82) is 0 Å². The summed E-state index contributed by atoms with van der Waals surface area (Å²) in [5.41, 5.74) is 0. The standard InChI is InChI=1S/2C6H11N2/c1-6-7(2)4-5-8(6)3;1-3-8-5-4-7(2)6-8/h4-5H,1-3H3;4-6H,3H2,1-2H3/q2*+1. The van der Waals surface area contributed by atoms with Gasteiger partial charge in [-0.2, -0.15) is 0 Å². The lowest BCUT2D eigenvalue weighted by molar-refractivity contribution is -0.677. The van der Waals surface area contributed by atoms with E-state index in [0.717, 1.165) is 6.54 Å². The number of nitrogens with zero attached hydrogens (tertiary/aromatic N) is 4. The van der Waals surface area contributed by atoms with E-state index < -0.39 is 0 Å². The van der Waals surface area contributed by atoms with Crippen molar-refractivity contribution in [3.63, 3.8) is 0 Å². The molecular formula is C12H22N4+2. The third-order valence-electron chi connectivity index (χ3n) is 2.72. The van der Waals surface area contributed by atoms with Crippen LogP contribution in [0, 0.1) is 6.92 Å². The van der Waals surface area contributed by atoms with Crippen LogP contribution in [0.1, 0.15) is 12.7 Å². The first kappa shape index (κ1) is 12.5. The molecule has 88 valence electrons. The Balaban J connectivity index is 0.000000160. The number of rotatable bonds is 1. The minimum Gasteiger partial charge on any atom is -0.240 e. The maximum Gasteiger partial charge on any atom is 0.252 e. The fourth-order valence-electron chi connectivity index (χ4n) is 1.35. The Morgan fingerprint density at radius 2 is 1.88 bits per heavy atom. The van der Waals surface area contributed by atoms with E-state index in [1.54, 1.807) is 0 Å². The molecule has 0 spiro atoms. The molecule has 0 radical (unpaired) electrons. The first-order chi connectivity index (χ1) is 7.54. The van der Waals surface area contributed by atoms with Crippen LogP contribution in [0.2, 0.25) is 0 Å². The van der Waals surface area contributed by atoms with E-state index in [0.29, 0.717) is 0 Å². The molecule has 0 atom stereocenters. The Labute approximate surface area is 97.4 Å². The summed E-state index contributed by atoms with van der Waals surface area (Å²) in [6, 6.07) is 0. The zero-order valence-corrected chi connectivity index (χ0v) is 10.9. The first-order valence-corrected chi connectivity index (χ1v) is 5.53. The van der Waals surface area contributed by atoms with Crippen LogP contribution in [-0.2, 0) is 27.7 Å². The number of aryl methyl sites for hydroxylation is 4. The highest BCUT2D eigenvalue weighted by molar-refractivity contribution is 4.75. The minimum absolute atomic E-state index is 1.06. The lowest BCUT2D eigenvalue weighted by Crippen LogP contribution is -2.29. The van der Waals surface area contributed by atoms with Crippen molar-refractivity contribution in [3.05, 3.63) is 36.9 Å². The van der Waals surface area contributed by atoms with E-state index in [-0.39, 0.29) is 0 Å². The number of hydrogen-bond acceptors (Lipinski definition) is 0. The summed E-state index contributed by atoms with van der Waals surface area (Å²) in [6.07, 6.45) is 10.2. The van der Waals surface area contributed by atoms with Gasteiger partial charge in [0.05, 0.1) is 27.7 Å². The molecule has 0 unspecified atom stereocenters. The molecule has 2 rings (SSSR count). The summed E-state index contributed by atoms with van der Waals surface area (Å²) >= 11 is 0. The van der Waals surface area contributed by atoms with Gasteiger partial charge < -0.3 is 0 Å². The topological polar surface area (TPSA) is 17.6 Å². The van der Waals surface area contributed by atoms with E-state index in [1.807, 2.05) is 44.3 Å². The van der Waals surface area contributed by atoms with Gasteiger partial charge in [0.25, 0.3) is 5.82 Å². The van der Waals surface area contributed by atoms with Gasteiger partial charge in [-0.25, -0.2) is 18.3 Å². The van der Waals surface area contributed by atoms with Gasteiger partial charge in [-0.1, -0.05) is 0 Å². The van der Waals surface area contributed by atoms with Gasteiger partial charge in [0.15, 0.2) is 0 Å². The molecule has 0 saturated carbocycles. The highest BCUT2D eigenvalue weighted by atomic mass is 15.1. The highest BCUT2D eigenvalue weighted by Crippen LogP contribution is 1.84. The van der Waals surface area contributed by atoms with Crippen LogP contribution in [0.3, 0.4) is 0 Å². The van der Waals surface area contributed by atoms with E-state index in [1.165, 1.54) is 5.82 Å². The molecule has 2 heterocycles. The quantitative estimate of drug-likeness (QED) is 0.625. The second kappa shape index (κ2) is 5.49. The monoisotopic (exact) mass is 222 g/mol. The van der Waals surface area contributed by atoms with Crippen LogP contribution >= 0.6 is 0 Å². The van der Waals surface area contributed by atoms with Crippen molar-refractivity contribution in [2.75, 3.05) is 0 Å². The third kappa shape index (κ3) is 3.22.